The van der Waals surface area contributed by atoms with Crippen molar-refractivity contribution in [1.82, 2.24) is 4.90 Å². The van der Waals surface area contributed by atoms with Gasteiger partial charge in [-0.2, -0.15) is 0 Å². The van der Waals surface area contributed by atoms with E-state index in [4.69, 9.17) is 10.5 Å². The van der Waals surface area contributed by atoms with Gasteiger partial charge in [-0.3, -0.25) is 4.79 Å². The van der Waals surface area contributed by atoms with Crippen molar-refractivity contribution in [3.05, 3.63) is 29.8 Å². The summed E-state index contributed by atoms with van der Waals surface area (Å²) in [5, 5.41) is 0. The van der Waals surface area contributed by atoms with Crippen molar-refractivity contribution in [3.63, 3.8) is 0 Å². The molecule has 1 amide bonds. The van der Waals surface area contributed by atoms with E-state index in [1.165, 1.54) is 0 Å². The molecule has 5 heteroatoms. The minimum Gasteiger partial charge on any atom is -0.444 e. The summed E-state index contributed by atoms with van der Waals surface area (Å²) in [5.41, 5.74) is 6.38. The predicted octanol–water partition coefficient (Wildman–Crippen LogP) is 3.10. The van der Waals surface area contributed by atoms with Crippen molar-refractivity contribution in [2.45, 2.75) is 39.2 Å². The van der Waals surface area contributed by atoms with Crippen molar-refractivity contribution >= 4 is 17.6 Å². The van der Waals surface area contributed by atoms with E-state index in [9.17, 15) is 9.59 Å². The van der Waals surface area contributed by atoms with Crippen molar-refractivity contribution in [1.29, 1.82) is 0 Å². The zero-order valence-electron chi connectivity index (χ0n) is 13.5. The van der Waals surface area contributed by atoms with E-state index < -0.39 is 5.60 Å². The maximum atomic E-state index is 12.6. The Hall–Kier alpha value is -2.04. The lowest BCUT2D eigenvalue weighted by Crippen LogP contribution is -2.44. The molecule has 22 heavy (non-hydrogen) atoms. The first-order valence-corrected chi connectivity index (χ1v) is 7.64. The Balaban J connectivity index is 2.06. The number of carbonyl (C=O) groups is 2. The van der Waals surface area contributed by atoms with Crippen molar-refractivity contribution in [2.75, 3.05) is 18.8 Å². The van der Waals surface area contributed by atoms with Crippen LogP contribution in [0.4, 0.5) is 10.5 Å². The summed E-state index contributed by atoms with van der Waals surface area (Å²) in [6, 6.07) is 7.07. The summed E-state index contributed by atoms with van der Waals surface area (Å²) >= 11 is 0. The lowest BCUT2D eigenvalue weighted by Gasteiger charge is -2.33. The number of nitrogens with two attached hydrogens (primary N) is 1. The summed E-state index contributed by atoms with van der Waals surface area (Å²) in [6.45, 7) is 6.53. The summed E-state index contributed by atoms with van der Waals surface area (Å²) in [4.78, 5) is 26.4. The number of rotatable bonds is 2. The molecule has 1 aromatic rings. The fourth-order valence-corrected chi connectivity index (χ4v) is 2.62. The standard InChI is InChI=1S/C17H24N2O3/c1-17(2,3)22-16(21)19-10-6-7-12(11-19)15(20)13-8-4-5-9-14(13)18/h4-5,8-9,12H,6-7,10-11,18H2,1-3H3. The van der Waals surface area contributed by atoms with Crippen LogP contribution in [0.25, 0.3) is 0 Å². The lowest BCUT2D eigenvalue weighted by atomic mass is 9.89. The zero-order chi connectivity index (χ0) is 16.3. The van der Waals surface area contributed by atoms with Crippen LogP contribution in [0.3, 0.4) is 0 Å². The number of carbonyl (C=O) groups excluding carboxylic acids is 2. The summed E-state index contributed by atoms with van der Waals surface area (Å²) in [7, 11) is 0. The summed E-state index contributed by atoms with van der Waals surface area (Å²) in [5.74, 6) is -0.211. The Bertz CT molecular complexity index is 563. The number of likely N-dealkylation sites (tertiary alicyclic amines) is 1. The van der Waals surface area contributed by atoms with Gasteiger partial charge in [-0.25, -0.2) is 4.79 Å². The van der Waals surface area contributed by atoms with Crippen LogP contribution in [-0.2, 0) is 4.74 Å². The van der Waals surface area contributed by atoms with Crippen LogP contribution in [0.5, 0.6) is 0 Å². The van der Waals surface area contributed by atoms with E-state index in [0.717, 1.165) is 12.8 Å². The Morgan fingerprint density at radius 3 is 2.59 bits per heavy atom. The molecule has 0 aliphatic carbocycles. The Morgan fingerprint density at radius 2 is 1.95 bits per heavy atom. The molecule has 1 atom stereocenters. The predicted molar refractivity (Wildman–Crippen MR) is 85.7 cm³/mol. The molecule has 1 aliphatic rings. The zero-order valence-corrected chi connectivity index (χ0v) is 13.5. The second kappa shape index (κ2) is 6.38. The van der Waals surface area contributed by atoms with Gasteiger partial charge in [0, 0.05) is 30.3 Å². The molecule has 120 valence electrons. The van der Waals surface area contributed by atoms with Crippen LogP contribution in [0.15, 0.2) is 24.3 Å². The minimum absolute atomic E-state index is 0.00589. The van der Waals surface area contributed by atoms with E-state index >= 15 is 0 Å². The molecular formula is C17H24N2O3. The van der Waals surface area contributed by atoms with E-state index in [1.807, 2.05) is 20.8 Å². The minimum atomic E-state index is -0.530. The van der Waals surface area contributed by atoms with Crippen LogP contribution < -0.4 is 5.73 Å². The second-order valence-corrected chi connectivity index (χ2v) is 6.72. The topological polar surface area (TPSA) is 72.6 Å². The van der Waals surface area contributed by atoms with Crippen molar-refractivity contribution in [2.24, 2.45) is 5.92 Å². The maximum absolute atomic E-state index is 12.6. The van der Waals surface area contributed by atoms with Gasteiger partial charge >= 0.3 is 6.09 Å². The molecule has 0 aromatic heterocycles. The molecule has 0 bridgehead atoms. The summed E-state index contributed by atoms with van der Waals surface area (Å²) in [6.07, 6.45) is 1.21. The van der Waals surface area contributed by atoms with Gasteiger partial charge < -0.3 is 15.4 Å². The van der Waals surface area contributed by atoms with Crippen molar-refractivity contribution < 1.29 is 14.3 Å². The van der Waals surface area contributed by atoms with Crippen LogP contribution >= 0.6 is 0 Å². The van der Waals surface area contributed by atoms with Gasteiger partial charge in [0.2, 0.25) is 0 Å². The molecule has 2 N–H and O–H groups in total. The molecule has 1 saturated heterocycles. The van der Waals surface area contributed by atoms with Crippen LogP contribution in [0, 0.1) is 5.92 Å². The highest BCUT2D eigenvalue weighted by Crippen LogP contribution is 2.24. The average molecular weight is 304 g/mol. The number of Topliss-reactive ketones (excluding diaryl/α,β-unsaturated/α-hetero) is 1. The van der Waals surface area contributed by atoms with E-state index in [1.54, 1.807) is 29.2 Å². The highest BCUT2D eigenvalue weighted by molar-refractivity contribution is 6.02. The third-order valence-electron chi connectivity index (χ3n) is 3.67. The molecule has 1 aromatic carbocycles. The number of hydrogen-bond donors (Lipinski definition) is 1. The Kier molecular flexibility index (Phi) is 4.74. The molecule has 1 aliphatic heterocycles. The van der Waals surface area contributed by atoms with Crippen LogP contribution in [0.2, 0.25) is 0 Å². The average Bonchev–Trinajstić information content (AvgIpc) is 2.45. The number of amides is 1. The van der Waals surface area contributed by atoms with Crippen LogP contribution in [-0.4, -0.2) is 35.5 Å². The first-order valence-electron chi connectivity index (χ1n) is 7.64. The number of benzene rings is 1. The molecule has 0 saturated carbocycles. The number of nitrogens with zero attached hydrogens (tertiary/aromatic N) is 1. The highest BCUT2D eigenvalue weighted by atomic mass is 16.6. The number of hydrogen-bond acceptors (Lipinski definition) is 4. The third kappa shape index (κ3) is 4.00. The van der Waals surface area contributed by atoms with E-state index in [2.05, 4.69) is 0 Å². The maximum Gasteiger partial charge on any atom is 0.410 e. The van der Waals surface area contributed by atoms with Gasteiger partial charge in [-0.05, 0) is 45.7 Å². The SMILES string of the molecule is CC(C)(C)OC(=O)N1CCCC(C(=O)c2ccccc2N)C1. The number of piperidine rings is 1. The molecule has 2 rings (SSSR count). The van der Waals surface area contributed by atoms with Gasteiger partial charge in [0.25, 0.3) is 0 Å². The molecular weight excluding hydrogens is 280 g/mol. The number of anilines is 1. The normalized spacial score (nSPS) is 18.9. The lowest BCUT2D eigenvalue weighted by molar-refractivity contribution is 0.0172. The molecule has 1 heterocycles. The van der Waals surface area contributed by atoms with E-state index in [0.29, 0.717) is 24.3 Å². The van der Waals surface area contributed by atoms with E-state index in [-0.39, 0.29) is 17.8 Å². The molecule has 0 radical (unpaired) electrons. The van der Waals surface area contributed by atoms with Crippen LogP contribution in [0.1, 0.15) is 44.0 Å². The number of ketones is 1. The smallest absolute Gasteiger partial charge is 0.410 e. The van der Waals surface area contributed by atoms with Crippen molar-refractivity contribution in [3.8, 4) is 0 Å². The van der Waals surface area contributed by atoms with Gasteiger partial charge in [0.15, 0.2) is 5.78 Å². The highest BCUT2D eigenvalue weighted by Gasteiger charge is 2.31. The first kappa shape index (κ1) is 16.3. The molecule has 1 unspecified atom stereocenters. The molecule has 0 spiro atoms. The fraction of sp³-hybridized carbons (Fsp3) is 0.529. The summed E-state index contributed by atoms with van der Waals surface area (Å²) < 4.78 is 5.39. The molecule has 1 fully saturated rings. The van der Waals surface area contributed by atoms with Gasteiger partial charge in [-0.1, -0.05) is 12.1 Å². The Morgan fingerprint density at radius 1 is 1.27 bits per heavy atom. The fourth-order valence-electron chi connectivity index (χ4n) is 2.62. The third-order valence-corrected chi connectivity index (χ3v) is 3.67. The second-order valence-electron chi connectivity index (χ2n) is 6.72. The van der Waals surface area contributed by atoms with Gasteiger partial charge in [0.05, 0.1) is 0 Å². The van der Waals surface area contributed by atoms with Gasteiger partial charge in [0.1, 0.15) is 5.60 Å². The number of nitrogen functional groups attached to an aromatic ring is 1. The first-order chi connectivity index (χ1) is 10.3. The number of para-hydroxylation sites is 1. The number of ether oxygens (including phenoxy) is 1. The molecule has 5 nitrogen and oxygen atoms in total. The largest absolute Gasteiger partial charge is 0.444 e. The monoisotopic (exact) mass is 304 g/mol. The van der Waals surface area contributed by atoms with Gasteiger partial charge in [-0.15, -0.1) is 0 Å². The quantitative estimate of drug-likeness (QED) is 0.673. The Labute approximate surface area is 131 Å².